The number of sulfonamides is 1. The van der Waals surface area contributed by atoms with E-state index in [4.69, 9.17) is 4.42 Å². The molecule has 1 aliphatic carbocycles. The van der Waals surface area contributed by atoms with Crippen LogP contribution in [-0.2, 0) is 14.8 Å². The average molecular weight is 1050 g/mol. The minimum absolute atomic E-state index is 0. The first-order chi connectivity index (χ1) is 33.3. The normalized spacial score (nSPS) is 18.4. The molecule has 4 aromatic carbocycles. The van der Waals surface area contributed by atoms with Crippen molar-refractivity contribution in [2.24, 2.45) is 16.7 Å². The van der Waals surface area contributed by atoms with E-state index in [9.17, 15) is 18.0 Å². The summed E-state index contributed by atoms with van der Waals surface area (Å²) >= 11 is 2.00. The summed E-state index contributed by atoms with van der Waals surface area (Å²) in [6.45, 7) is 17.3. The highest BCUT2D eigenvalue weighted by atomic mass is 35.5. The number of halogens is 1. The van der Waals surface area contributed by atoms with E-state index in [1.807, 2.05) is 132 Å². The number of hydrogen-bond acceptors (Lipinski definition) is 7. The summed E-state index contributed by atoms with van der Waals surface area (Å²) in [5.74, 6) is 1.76. The standard InChI is InChI=1S/C43H44N3O4S.C15H26N2OS.2CH4.ClH/c1-43(2,3)42(47)30-24-26-46(27-25-30)51(48,49)40-19-13-12-18-37(40)41-35-22-20-33(44(4)31-14-8-6-9-15-31)28-38(35)50-39-29-34(21-23-36(39)41)45(5)32-16-10-7-11-17-32;1-10(15(2,3)4)7-5-6-8-12-13-11(9-19-12)16-14(18)17-13;;;/h6-23,28-30H,24-27H2,1-5H3;11-13H,1,5-9H2,2-4H3,(H2,16,17,18);2*1H4;1H/q+1;;;;/p-1/t;11-,12-,13-;;;/m.0.../s1. The average Bonchev–Trinajstić information content (AvgIpc) is 3.92. The number of benzene rings is 5. The van der Waals surface area contributed by atoms with Crippen molar-refractivity contribution in [2.75, 3.05) is 37.8 Å². The van der Waals surface area contributed by atoms with Crippen LogP contribution in [0.1, 0.15) is 94.9 Å². The molecule has 9 rings (SSSR count). The molecule has 3 atom stereocenters. The number of para-hydroxylation sites is 2. The molecule has 2 N–H and O–H groups in total. The topological polar surface area (TPSA) is 115 Å². The molecule has 2 amide bonds. The number of nitrogens with one attached hydrogen (secondary N) is 2. The molecule has 0 saturated carbocycles. The molecule has 13 heteroatoms. The minimum atomic E-state index is -3.90. The van der Waals surface area contributed by atoms with Gasteiger partial charge in [0.2, 0.25) is 21.1 Å². The van der Waals surface area contributed by atoms with Crippen LogP contribution in [0.2, 0.25) is 0 Å². The summed E-state index contributed by atoms with van der Waals surface area (Å²) in [6.07, 6.45) is 5.80. The van der Waals surface area contributed by atoms with Gasteiger partial charge < -0.3 is 32.4 Å². The third-order valence-electron chi connectivity index (χ3n) is 14.3. The second-order valence-corrected chi connectivity index (χ2v) is 24.3. The molecule has 392 valence electrons. The number of urea groups is 1. The number of nitrogens with zero attached hydrogens (tertiary/aromatic N) is 3. The van der Waals surface area contributed by atoms with Crippen LogP contribution < -0.4 is 37.9 Å². The van der Waals surface area contributed by atoms with Crippen molar-refractivity contribution in [1.29, 1.82) is 0 Å². The number of piperidine rings is 1. The van der Waals surface area contributed by atoms with Gasteiger partial charge in [0.15, 0.2) is 0 Å². The fourth-order valence-corrected chi connectivity index (χ4v) is 13.1. The lowest BCUT2D eigenvalue weighted by Crippen LogP contribution is -3.00. The zero-order valence-corrected chi connectivity index (χ0v) is 44.9. The molecule has 4 heterocycles. The molecule has 10 nitrogen and oxygen atoms in total. The van der Waals surface area contributed by atoms with Crippen molar-refractivity contribution in [3.8, 4) is 22.5 Å². The summed E-state index contributed by atoms with van der Waals surface area (Å²) in [5.41, 5.74) is 7.01. The van der Waals surface area contributed by atoms with E-state index in [0.29, 0.717) is 60.2 Å². The van der Waals surface area contributed by atoms with Gasteiger partial charge in [0.1, 0.15) is 24.2 Å². The molecule has 3 saturated heterocycles. The van der Waals surface area contributed by atoms with Gasteiger partial charge in [-0.3, -0.25) is 4.79 Å². The Morgan fingerprint density at radius 3 is 2.11 bits per heavy atom. The van der Waals surface area contributed by atoms with Crippen molar-refractivity contribution < 1.29 is 34.8 Å². The predicted molar refractivity (Wildman–Crippen MR) is 302 cm³/mol. The number of rotatable bonds is 12. The van der Waals surface area contributed by atoms with Gasteiger partial charge in [0, 0.05) is 100 Å². The second-order valence-electron chi connectivity index (χ2n) is 21.1. The second kappa shape index (κ2) is 24.3. The number of hydrogen-bond donors (Lipinski definition) is 2. The largest absolute Gasteiger partial charge is 1.00 e. The SMILES string of the molecule is C.C.C=C(CCCC[C@@H]1SC[C@@H]2NC(=O)N[C@@H]21)C(C)(C)C.CN(c1ccccc1)c1ccc2c(-c3ccccc3S(=O)(=O)N3CCC(C(=O)C(C)(C)C)CC3)c3ccc(=[N+](C)c4ccccc4)cc-3oc2c1.[Cl-]. The molecule has 3 fully saturated rings. The fourth-order valence-electron chi connectivity index (χ4n) is 9.89. The van der Waals surface area contributed by atoms with Gasteiger partial charge in [0.05, 0.1) is 23.0 Å². The first-order valence-corrected chi connectivity index (χ1v) is 27.2. The summed E-state index contributed by atoms with van der Waals surface area (Å²) in [7, 11) is 0.136. The first-order valence-electron chi connectivity index (χ1n) is 24.7. The van der Waals surface area contributed by atoms with Gasteiger partial charge in [-0.05, 0) is 73.9 Å². The van der Waals surface area contributed by atoms with E-state index >= 15 is 0 Å². The molecule has 0 bridgehead atoms. The summed E-state index contributed by atoms with van der Waals surface area (Å²) in [6, 6.07) is 40.4. The van der Waals surface area contributed by atoms with E-state index in [0.717, 1.165) is 51.1 Å². The summed E-state index contributed by atoms with van der Waals surface area (Å²) in [4.78, 5) is 26.7. The summed E-state index contributed by atoms with van der Waals surface area (Å²) in [5, 5.41) is 8.38. The van der Waals surface area contributed by atoms with E-state index in [1.54, 1.807) is 16.4 Å². The zero-order valence-electron chi connectivity index (χ0n) is 42.5. The van der Waals surface area contributed by atoms with Crippen LogP contribution in [0.3, 0.4) is 0 Å². The Kier molecular flexibility index (Phi) is 19.5. The number of anilines is 2. The maximum atomic E-state index is 14.5. The number of carbonyl (C=O) groups excluding carboxylic acids is 2. The van der Waals surface area contributed by atoms with Gasteiger partial charge >= 0.3 is 6.03 Å². The highest BCUT2D eigenvalue weighted by molar-refractivity contribution is 8.00. The number of fused-ring (bicyclic) bond motifs is 3. The first kappa shape index (κ1) is 58.5. The lowest BCUT2D eigenvalue weighted by atomic mass is 9.79. The molecule has 0 unspecified atom stereocenters. The van der Waals surface area contributed by atoms with Gasteiger partial charge in [0.25, 0.3) is 0 Å². The van der Waals surface area contributed by atoms with E-state index in [2.05, 4.69) is 71.7 Å². The number of allylic oxidation sites excluding steroid dienone is 1. The molecule has 0 spiro atoms. The van der Waals surface area contributed by atoms with Crippen LogP contribution in [-0.4, -0.2) is 74.8 Å². The molecular formula is C60H78ClN5O5S2. The number of Topliss-reactive ketones (excluding diaryl/α,β-unsaturated/α-hetero) is 1. The highest BCUT2D eigenvalue weighted by Crippen LogP contribution is 2.44. The minimum Gasteiger partial charge on any atom is -1.00 e. The maximum absolute atomic E-state index is 14.5. The third-order valence-corrected chi connectivity index (χ3v) is 17.8. The van der Waals surface area contributed by atoms with Crippen LogP contribution in [0.4, 0.5) is 21.9 Å². The number of carbonyl (C=O) groups is 2. The van der Waals surface area contributed by atoms with Crippen LogP contribution >= 0.6 is 11.8 Å². The number of ketones is 1. The number of amides is 2. The third kappa shape index (κ3) is 13.1. The monoisotopic (exact) mass is 1050 g/mol. The molecule has 0 radical (unpaired) electrons. The highest BCUT2D eigenvalue weighted by Gasteiger charge is 2.42. The van der Waals surface area contributed by atoms with Gasteiger partial charge in [-0.1, -0.05) is 130 Å². The van der Waals surface area contributed by atoms with E-state index in [-0.39, 0.29) is 55.3 Å². The Balaban J connectivity index is 0.000000380. The summed E-state index contributed by atoms with van der Waals surface area (Å²) < 4.78 is 39.4. The Morgan fingerprint density at radius 2 is 1.45 bits per heavy atom. The van der Waals surface area contributed by atoms with Crippen molar-refractivity contribution in [3.63, 3.8) is 0 Å². The van der Waals surface area contributed by atoms with Crippen molar-refractivity contribution in [3.05, 3.63) is 139 Å². The Bertz CT molecular complexity index is 3010. The molecule has 4 aliphatic heterocycles. The van der Waals surface area contributed by atoms with Crippen LogP contribution in [0.15, 0.2) is 143 Å². The van der Waals surface area contributed by atoms with Gasteiger partial charge in [-0.15, -0.1) is 0 Å². The molecule has 4 aromatic rings. The molecule has 0 aromatic heterocycles. The van der Waals surface area contributed by atoms with Gasteiger partial charge in [-0.2, -0.15) is 20.6 Å². The lowest BCUT2D eigenvalue weighted by Gasteiger charge is -2.33. The fraction of sp³-hybridized carbons (Fsp3) is 0.417. The van der Waals surface area contributed by atoms with Gasteiger partial charge in [-0.25, -0.2) is 13.2 Å². The van der Waals surface area contributed by atoms with Crippen LogP contribution in [0.5, 0.6) is 0 Å². The Morgan fingerprint density at radius 1 is 0.808 bits per heavy atom. The Labute approximate surface area is 446 Å². The predicted octanol–water partition coefficient (Wildman–Crippen LogP) is 10.3. The van der Waals surface area contributed by atoms with E-state index in [1.165, 1.54) is 24.8 Å². The lowest BCUT2D eigenvalue weighted by molar-refractivity contribution is -0.131. The maximum Gasteiger partial charge on any atom is 0.315 e. The van der Waals surface area contributed by atoms with Crippen molar-refractivity contribution >= 4 is 61.6 Å². The number of thioether (sulfide) groups is 1. The van der Waals surface area contributed by atoms with Crippen molar-refractivity contribution in [1.82, 2.24) is 19.5 Å². The molecular weight excluding hydrogens is 970 g/mol. The van der Waals surface area contributed by atoms with Crippen LogP contribution in [0, 0.1) is 16.7 Å². The quantitative estimate of drug-likeness (QED) is 0.0413. The zero-order chi connectivity index (χ0) is 50.0. The smallest absolute Gasteiger partial charge is 0.315 e. The molecule has 5 aliphatic rings. The Hall–Kier alpha value is -5.40. The molecule has 73 heavy (non-hydrogen) atoms. The van der Waals surface area contributed by atoms with Crippen LogP contribution in [0.25, 0.3) is 33.4 Å². The number of unbranched alkanes of at least 4 members (excludes halogenated alkanes) is 1. The van der Waals surface area contributed by atoms with Crippen molar-refractivity contribution in [2.45, 2.75) is 117 Å². The van der Waals surface area contributed by atoms with E-state index < -0.39 is 15.4 Å².